The summed E-state index contributed by atoms with van der Waals surface area (Å²) >= 11 is 5.98. The van der Waals surface area contributed by atoms with Crippen molar-refractivity contribution >= 4 is 11.6 Å². The van der Waals surface area contributed by atoms with Crippen LogP contribution in [0.4, 0.5) is 4.39 Å². The Hall–Kier alpha value is -1.39. The van der Waals surface area contributed by atoms with Crippen LogP contribution in [0.3, 0.4) is 0 Å². The van der Waals surface area contributed by atoms with Crippen molar-refractivity contribution in [3.8, 4) is 0 Å². The van der Waals surface area contributed by atoms with E-state index in [1.54, 1.807) is 12.1 Å². The second-order valence-electron chi connectivity index (χ2n) is 4.58. The van der Waals surface area contributed by atoms with E-state index in [-0.39, 0.29) is 5.82 Å². The highest BCUT2D eigenvalue weighted by atomic mass is 35.5. The molecule has 0 amide bonds. The van der Waals surface area contributed by atoms with Crippen molar-refractivity contribution in [3.63, 3.8) is 0 Å². The average molecular weight is 282 g/mol. The lowest BCUT2D eigenvalue weighted by Crippen LogP contribution is -2.15. The molecule has 0 atom stereocenters. The topological polar surface area (TPSA) is 29.9 Å². The Morgan fingerprint density at radius 2 is 1.95 bits per heavy atom. The van der Waals surface area contributed by atoms with Gasteiger partial charge >= 0.3 is 0 Å². The fourth-order valence-electron chi connectivity index (χ4n) is 2.09. The van der Waals surface area contributed by atoms with Crippen molar-refractivity contribution in [1.29, 1.82) is 0 Å². The third-order valence-corrected chi connectivity index (χ3v) is 3.68. The second-order valence-corrected chi connectivity index (χ2v) is 4.98. The molecule has 0 saturated carbocycles. The Morgan fingerprint density at radius 3 is 2.53 bits per heavy atom. The van der Waals surface area contributed by atoms with E-state index in [4.69, 9.17) is 11.6 Å². The number of aromatic nitrogens is 2. The second kappa shape index (κ2) is 5.72. The van der Waals surface area contributed by atoms with E-state index < -0.39 is 0 Å². The van der Waals surface area contributed by atoms with E-state index in [1.807, 2.05) is 25.6 Å². The molecule has 0 fully saturated rings. The van der Waals surface area contributed by atoms with Gasteiger partial charge in [-0.05, 0) is 26.0 Å². The molecule has 2 aromatic rings. The fraction of sp³-hybridized carbons (Fsp3) is 0.357. The lowest BCUT2D eigenvalue weighted by atomic mass is 10.1. The summed E-state index contributed by atoms with van der Waals surface area (Å²) in [6.45, 7) is 5.04. The summed E-state index contributed by atoms with van der Waals surface area (Å²) in [7, 11) is 1.92. The van der Waals surface area contributed by atoms with E-state index in [9.17, 15) is 4.39 Å². The Kier molecular flexibility index (Phi) is 4.22. The van der Waals surface area contributed by atoms with Crippen LogP contribution in [0.15, 0.2) is 18.2 Å². The quantitative estimate of drug-likeness (QED) is 0.933. The summed E-state index contributed by atoms with van der Waals surface area (Å²) < 4.78 is 15.4. The van der Waals surface area contributed by atoms with Gasteiger partial charge in [-0.15, -0.1) is 0 Å². The van der Waals surface area contributed by atoms with E-state index in [0.29, 0.717) is 23.7 Å². The molecule has 1 aromatic heterocycles. The van der Waals surface area contributed by atoms with Gasteiger partial charge in [0.2, 0.25) is 0 Å². The minimum Gasteiger partial charge on any atom is -0.308 e. The Balaban J connectivity index is 2.04. The molecule has 1 aromatic carbocycles. The van der Waals surface area contributed by atoms with Gasteiger partial charge < -0.3 is 5.32 Å². The summed E-state index contributed by atoms with van der Waals surface area (Å²) in [6.07, 6.45) is 0. The standard InChI is InChI=1S/C14H17ClFN3/c1-9-11(10(2)19(3)18-9)7-17-8-12-13(15)5-4-6-14(12)16/h4-6,17H,7-8H2,1-3H3. The first-order valence-electron chi connectivity index (χ1n) is 6.13. The van der Waals surface area contributed by atoms with Crippen LogP contribution in [-0.4, -0.2) is 9.78 Å². The van der Waals surface area contributed by atoms with Crippen molar-refractivity contribution in [2.75, 3.05) is 0 Å². The average Bonchev–Trinajstić information content (AvgIpc) is 2.59. The zero-order chi connectivity index (χ0) is 14.0. The molecule has 0 unspecified atom stereocenters. The van der Waals surface area contributed by atoms with Crippen molar-refractivity contribution in [3.05, 3.63) is 51.6 Å². The van der Waals surface area contributed by atoms with Crippen LogP contribution in [0.25, 0.3) is 0 Å². The van der Waals surface area contributed by atoms with Crippen molar-refractivity contribution in [2.45, 2.75) is 26.9 Å². The summed E-state index contributed by atoms with van der Waals surface area (Å²) in [5.74, 6) is -0.278. The zero-order valence-electron chi connectivity index (χ0n) is 11.3. The molecule has 1 heterocycles. The summed E-state index contributed by atoms with van der Waals surface area (Å²) in [5.41, 5.74) is 3.76. The minimum atomic E-state index is -0.278. The molecule has 0 spiro atoms. The van der Waals surface area contributed by atoms with E-state index in [2.05, 4.69) is 10.4 Å². The molecule has 0 aliphatic rings. The van der Waals surface area contributed by atoms with Crippen LogP contribution in [0.5, 0.6) is 0 Å². The number of benzene rings is 1. The molecule has 5 heteroatoms. The van der Waals surface area contributed by atoms with Gasteiger partial charge in [0.05, 0.1) is 5.69 Å². The first kappa shape index (κ1) is 14.0. The van der Waals surface area contributed by atoms with Crippen LogP contribution >= 0.6 is 11.6 Å². The van der Waals surface area contributed by atoms with Gasteiger partial charge in [0.15, 0.2) is 0 Å². The van der Waals surface area contributed by atoms with Gasteiger partial charge in [-0.2, -0.15) is 5.10 Å². The minimum absolute atomic E-state index is 0.278. The van der Waals surface area contributed by atoms with Gasteiger partial charge in [-0.3, -0.25) is 4.68 Å². The maximum absolute atomic E-state index is 13.6. The molecule has 3 nitrogen and oxygen atoms in total. The number of rotatable bonds is 4. The highest BCUT2D eigenvalue weighted by molar-refractivity contribution is 6.31. The van der Waals surface area contributed by atoms with Crippen LogP contribution in [0.1, 0.15) is 22.5 Å². The number of halogens is 2. The molecule has 102 valence electrons. The normalized spacial score (nSPS) is 11.0. The maximum Gasteiger partial charge on any atom is 0.129 e. The summed E-state index contributed by atoms with van der Waals surface area (Å²) in [5, 5.41) is 8.02. The molecular formula is C14H17ClFN3. The Bertz CT molecular complexity index is 572. The van der Waals surface area contributed by atoms with Crippen LogP contribution < -0.4 is 5.32 Å². The van der Waals surface area contributed by atoms with Crippen molar-refractivity contribution in [2.24, 2.45) is 7.05 Å². The third kappa shape index (κ3) is 2.96. The van der Waals surface area contributed by atoms with Gasteiger partial charge in [0.1, 0.15) is 5.82 Å². The van der Waals surface area contributed by atoms with Crippen molar-refractivity contribution < 1.29 is 4.39 Å². The number of hydrogen-bond donors (Lipinski definition) is 1. The SMILES string of the molecule is Cc1nn(C)c(C)c1CNCc1c(F)cccc1Cl. The van der Waals surface area contributed by atoms with E-state index in [0.717, 1.165) is 17.0 Å². The Morgan fingerprint density at radius 1 is 1.26 bits per heavy atom. The van der Waals surface area contributed by atoms with Crippen LogP contribution in [0.2, 0.25) is 5.02 Å². The first-order valence-corrected chi connectivity index (χ1v) is 6.51. The first-order chi connectivity index (χ1) is 9.00. The van der Waals surface area contributed by atoms with Crippen LogP contribution in [-0.2, 0) is 20.1 Å². The van der Waals surface area contributed by atoms with Gasteiger partial charge in [-0.1, -0.05) is 17.7 Å². The van der Waals surface area contributed by atoms with Gasteiger partial charge in [-0.25, -0.2) is 4.39 Å². The maximum atomic E-state index is 13.6. The molecule has 0 aliphatic heterocycles. The number of aryl methyl sites for hydroxylation is 2. The number of nitrogens with zero attached hydrogens (tertiary/aromatic N) is 2. The fourth-order valence-corrected chi connectivity index (χ4v) is 2.32. The largest absolute Gasteiger partial charge is 0.308 e. The van der Waals surface area contributed by atoms with Crippen molar-refractivity contribution in [1.82, 2.24) is 15.1 Å². The van der Waals surface area contributed by atoms with Crippen LogP contribution in [0, 0.1) is 19.7 Å². The molecule has 0 radical (unpaired) electrons. The predicted molar refractivity (Wildman–Crippen MR) is 74.6 cm³/mol. The molecule has 2 rings (SSSR count). The highest BCUT2D eigenvalue weighted by Crippen LogP contribution is 2.19. The highest BCUT2D eigenvalue weighted by Gasteiger charge is 2.10. The van der Waals surface area contributed by atoms with E-state index >= 15 is 0 Å². The molecule has 19 heavy (non-hydrogen) atoms. The number of hydrogen-bond acceptors (Lipinski definition) is 2. The summed E-state index contributed by atoms with van der Waals surface area (Å²) in [4.78, 5) is 0. The lowest BCUT2D eigenvalue weighted by Gasteiger charge is -2.08. The Labute approximate surface area is 117 Å². The molecule has 0 saturated heterocycles. The monoisotopic (exact) mass is 281 g/mol. The predicted octanol–water partition coefficient (Wildman–Crippen LogP) is 3.12. The van der Waals surface area contributed by atoms with Gasteiger partial charge in [0, 0.05) is 42.0 Å². The lowest BCUT2D eigenvalue weighted by molar-refractivity contribution is 0.587. The third-order valence-electron chi connectivity index (χ3n) is 3.32. The molecule has 0 aliphatic carbocycles. The van der Waals surface area contributed by atoms with Gasteiger partial charge in [0.25, 0.3) is 0 Å². The smallest absolute Gasteiger partial charge is 0.129 e. The molecular weight excluding hydrogens is 265 g/mol. The molecule has 0 bridgehead atoms. The molecule has 1 N–H and O–H groups in total. The van der Waals surface area contributed by atoms with E-state index in [1.165, 1.54) is 6.07 Å². The zero-order valence-corrected chi connectivity index (χ0v) is 12.1. The summed E-state index contributed by atoms with van der Waals surface area (Å²) in [6, 6.07) is 4.72. The number of nitrogens with one attached hydrogen (secondary N) is 1.